The lowest BCUT2D eigenvalue weighted by Crippen LogP contribution is -2.33. The largest absolute Gasteiger partial charge is 0.382 e. The predicted molar refractivity (Wildman–Crippen MR) is 82.9 cm³/mol. The third kappa shape index (κ3) is 5.78. The van der Waals surface area contributed by atoms with Gasteiger partial charge in [-0.1, -0.05) is 30.7 Å². The van der Waals surface area contributed by atoms with Gasteiger partial charge in [-0.15, -0.1) is 0 Å². The van der Waals surface area contributed by atoms with E-state index < -0.39 is 0 Å². The zero-order valence-electron chi connectivity index (χ0n) is 12.6. The summed E-state index contributed by atoms with van der Waals surface area (Å²) >= 11 is 5.84. The number of hydrogen-bond acceptors (Lipinski definition) is 2. The van der Waals surface area contributed by atoms with Crippen LogP contribution in [-0.2, 0) is 11.2 Å². The van der Waals surface area contributed by atoms with E-state index in [2.05, 4.69) is 19.2 Å². The van der Waals surface area contributed by atoms with Crippen LogP contribution in [0.4, 0.5) is 4.39 Å². The molecule has 114 valence electrons. The minimum Gasteiger partial charge on any atom is -0.382 e. The Labute approximate surface area is 126 Å². The first-order chi connectivity index (χ1) is 9.58. The van der Waals surface area contributed by atoms with Crippen molar-refractivity contribution in [2.45, 2.75) is 51.7 Å². The fourth-order valence-electron chi connectivity index (χ4n) is 2.15. The average Bonchev–Trinajstić information content (AvgIpc) is 2.45. The van der Waals surface area contributed by atoms with Crippen LogP contribution < -0.4 is 5.32 Å². The van der Waals surface area contributed by atoms with Gasteiger partial charge >= 0.3 is 0 Å². The Kier molecular flexibility index (Phi) is 8.12. The van der Waals surface area contributed by atoms with E-state index in [0.717, 1.165) is 25.8 Å². The fraction of sp³-hybridized carbons (Fsp3) is 0.625. The first-order valence-corrected chi connectivity index (χ1v) is 7.65. The molecule has 0 bridgehead atoms. The van der Waals surface area contributed by atoms with E-state index >= 15 is 0 Å². The number of nitrogens with one attached hydrogen (secondary N) is 1. The summed E-state index contributed by atoms with van der Waals surface area (Å²) in [5, 5.41) is 3.68. The van der Waals surface area contributed by atoms with Crippen LogP contribution in [0.25, 0.3) is 0 Å². The van der Waals surface area contributed by atoms with Crippen LogP contribution in [0.2, 0.25) is 5.02 Å². The number of hydrogen-bond donors (Lipinski definition) is 1. The minimum absolute atomic E-state index is 0.196. The number of ether oxygens (including phenoxy) is 1. The van der Waals surface area contributed by atoms with Gasteiger partial charge in [0.25, 0.3) is 0 Å². The predicted octanol–water partition coefficient (Wildman–Crippen LogP) is 4.20. The van der Waals surface area contributed by atoms with E-state index in [1.165, 1.54) is 0 Å². The highest BCUT2D eigenvalue weighted by atomic mass is 35.5. The average molecular weight is 302 g/mol. The zero-order chi connectivity index (χ0) is 15.0. The maximum Gasteiger partial charge on any atom is 0.145 e. The second-order valence-corrected chi connectivity index (χ2v) is 5.60. The molecule has 0 aliphatic heterocycles. The molecule has 4 heteroatoms. The lowest BCUT2D eigenvalue weighted by atomic mass is 9.99. The van der Waals surface area contributed by atoms with Crippen molar-refractivity contribution in [3.8, 4) is 0 Å². The third-order valence-corrected chi connectivity index (χ3v) is 3.80. The Hall–Kier alpha value is -0.640. The van der Waals surface area contributed by atoms with Crippen molar-refractivity contribution in [1.82, 2.24) is 5.32 Å². The van der Waals surface area contributed by atoms with Crippen molar-refractivity contribution >= 4 is 11.6 Å². The molecule has 0 saturated heterocycles. The van der Waals surface area contributed by atoms with Gasteiger partial charge in [-0.25, -0.2) is 4.39 Å². The summed E-state index contributed by atoms with van der Waals surface area (Å²) in [5.41, 5.74) is 0.677. The molecular weight excluding hydrogens is 277 g/mol. The van der Waals surface area contributed by atoms with Gasteiger partial charge in [0.15, 0.2) is 0 Å². The van der Waals surface area contributed by atoms with E-state index in [9.17, 15) is 4.39 Å². The Morgan fingerprint density at radius 2 is 2.10 bits per heavy atom. The fourth-order valence-corrected chi connectivity index (χ4v) is 2.34. The van der Waals surface area contributed by atoms with Gasteiger partial charge in [0.1, 0.15) is 5.82 Å². The van der Waals surface area contributed by atoms with E-state index in [1.807, 2.05) is 6.07 Å². The van der Waals surface area contributed by atoms with Crippen molar-refractivity contribution in [3.63, 3.8) is 0 Å². The molecule has 0 radical (unpaired) electrons. The zero-order valence-corrected chi connectivity index (χ0v) is 13.3. The van der Waals surface area contributed by atoms with E-state index in [0.29, 0.717) is 12.0 Å². The van der Waals surface area contributed by atoms with Crippen LogP contribution in [0.5, 0.6) is 0 Å². The summed E-state index contributed by atoms with van der Waals surface area (Å²) < 4.78 is 19.2. The molecule has 0 heterocycles. The molecule has 2 atom stereocenters. The standard InChI is InChI=1S/C16H25ClFNO/c1-4-10-19-14(9-8-12(2)20-3)11-13-6-5-7-15(17)16(13)18/h5-7,12,14,19H,4,8-11H2,1-3H3. The van der Waals surface area contributed by atoms with Crippen LogP contribution in [-0.4, -0.2) is 25.8 Å². The molecule has 1 N–H and O–H groups in total. The van der Waals surface area contributed by atoms with Gasteiger partial charge < -0.3 is 10.1 Å². The van der Waals surface area contributed by atoms with Gasteiger partial charge in [-0.2, -0.15) is 0 Å². The summed E-state index contributed by atoms with van der Waals surface area (Å²) in [7, 11) is 1.72. The highest BCUT2D eigenvalue weighted by molar-refractivity contribution is 6.30. The number of methoxy groups -OCH3 is 1. The Bertz CT molecular complexity index is 400. The lowest BCUT2D eigenvalue weighted by molar-refractivity contribution is 0.106. The van der Waals surface area contributed by atoms with Crippen molar-refractivity contribution in [1.29, 1.82) is 0 Å². The van der Waals surface area contributed by atoms with Crippen LogP contribution in [0.15, 0.2) is 18.2 Å². The monoisotopic (exact) mass is 301 g/mol. The maximum absolute atomic E-state index is 14.0. The molecule has 1 aromatic carbocycles. The summed E-state index contributed by atoms with van der Waals surface area (Å²) in [6.45, 7) is 5.12. The normalized spacial score (nSPS) is 14.2. The van der Waals surface area contributed by atoms with Gasteiger partial charge in [0.05, 0.1) is 11.1 Å². The van der Waals surface area contributed by atoms with Gasteiger partial charge in [-0.05, 0) is 50.8 Å². The summed E-state index contributed by atoms with van der Waals surface area (Å²) in [5.74, 6) is -0.294. The molecule has 0 spiro atoms. The SMILES string of the molecule is CCCNC(CCC(C)OC)Cc1cccc(Cl)c1F. The van der Waals surface area contributed by atoms with Crippen molar-refractivity contribution in [2.75, 3.05) is 13.7 Å². The van der Waals surface area contributed by atoms with Crippen LogP contribution in [0.1, 0.15) is 38.7 Å². The maximum atomic E-state index is 14.0. The molecule has 0 fully saturated rings. The summed E-state index contributed by atoms with van der Waals surface area (Å²) in [6.07, 6.45) is 3.86. The van der Waals surface area contributed by atoms with Gasteiger partial charge in [-0.3, -0.25) is 0 Å². The first-order valence-electron chi connectivity index (χ1n) is 7.27. The number of rotatable bonds is 9. The highest BCUT2D eigenvalue weighted by Gasteiger charge is 2.14. The Morgan fingerprint density at radius 3 is 2.75 bits per heavy atom. The van der Waals surface area contributed by atoms with Crippen molar-refractivity contribution < 1.29 is 9.13 Å². The lowest BCUT2D eigenvalue weighted by Gasteiger charge is -2.20. The van der Waals surface area contributed by atoms with Gasteiger partial charge in [0.2, 0.25) is 0 Å². The van der Waals surface area contributed by atoms with Crippen LogP contribution >= 0.6 is 11.6 Å². The molecule has 1 rings (SSSR count). The van der Waals surface area contributed by atoms with E-state index in [1.54, 1.807) is 19.2 Å². The molecule has 1 aromatic rings. The topological polar surface area (TPSA) is 21.3 Å². The minimum atomic E-state index is -0.294. The molecular formula is C16H25ClFNO. The molecule has 0 aliphatic carbocycles. The smallest absolute Gasteiger partial charge is 0.145 e. The molecule has 20 heavy (non-hydrogen) atoms. The molecule has 0 amide bonds. The Morgan fingerprint density at radius 1 is 1.35 bits per heavy atom. The van der Waals surface area contributed by atoms with Crippen LogP contribution in [0, 0.1) is 5.82 Å². The highest BCUT2D eigenvalue weighted by Crippen LogP contribution is 2.20. The molecule has 2 unspecified atom stereocenters. The van der Waals surface area contributed by atoms with Crippen molar-refractivity contribution in [3.05, 3.63) is 34.6 Å². The van der Waals surface area contributed by atoms with Crippen LogP contribution in [0.3, 0.4) is 0 Å². The third-order valence-electron chi connectivity index (χ3n) is 3.50. The second kappa shape index (κ2) is 9.32. The molecule has 0 aliphatic rings. The number of benzene rings is 1. The van der Waals surface area contributed by atoms with Gasteiger partial charge in [0, 0.05) is 13.2 Å². The molecule has 0 saturated carbocycles. The summed E-state index contributed by atoms with van der Waals surface area (Å²) in [6, 6.07) is 5.44. The number of halogens is 2. The quantitative estimate of drug-likeness (QED) is 0.738. The molecule has 0 aromatic heterocycles. The molecule has 2 nitrogen and oxygen atoms in total. The van der Waals surface area contributed by atoms with E-state index in [4.69, 9.17) is 16.3 Å². The summed E-state index contributed by atoms with van der Waals surface area (Å²) in [4.78, 5) is 0. The van der Waals surface area contributed by atoms with E-state index in [-0.39, 0.29) is 23.0 Å². The Balaban J connectivity index is 2.65. The van der Waals surface area contributed by atoms with Crippen molar-refractivity contribution in [2.24, 2.45) is 0 Å². The second-order valence-electron chi connectivity index (χ2n) is 5.19. The first kappa shape index (κ1) is 17.4.